The molecule has 2 aromatic rings. The Morgan fingerprint density at radius 1 is 1.32 bits per heavy atom. The molecule has 9 nitrogen and oxygen atoms in total. The first-order chi connectivity index (χ1) is 14.5. The van der Waals surface area contributed by atoms with Gasteiger partial charge in [0.1, 0.15) is 17.1 Å². The van der Waals surface area contributed by atoms with Gasteiger partial charge in [0, 0.05) is 12.1 Å². The van der Waals surface area contributed by atoms with Crippen LogP contribution in [-0.4, -0.2) is 51.3 Å². The molecule has 0 saturated heterocycles. The van der Waals surface area contributed by atoms with Crippen LogP contribution in [0, 0.1) is 5.82 Å². The standard InChI is InChI=1S/C20H23ClFN5O4/c1-4-31-18(29)20(2,3)24-19(30)26-7-8-27-14(10-26)15(17(23)28)16(25-27)11-5-6-13(22)12(21)9-11/h5-6,9H,4,7-8,10H2,1-3H3,(H2,23,28)(H,24,30). The van der Waals surface area contributed by atoms with Crippen molar-refractivity contribution in [2.75, 3.05) is 13.2 Å². The molecule has 1 aliphatic heterocycles. The number of amides is 3. The highest BCUT2D eigenvalue weighted by Crippen LogP contribution is 2.30. The zero-order valence-corrected chi connectivity index (χ0v) is 18.1. The first kappa shape index (κ1) is 22.5. The largest absolute Gasteiger partial charge is 0.464 e. The summed E-state index contributed by atoms with van der Waals surface area (Å²) in [6, 6.07) is 3.50. The molecule has 3 rings (SSSR count). The Hall–Kier alpha value is -3.14. The van der Waals surface area contributed by atoms with Gasteiger partial charge in [-0.1, -0.05) is 11.6 Å². The highest BCUT2D eigenvalue weighted by molar-refractivity contribution is 6.31. The van der Waals surface area contributed by atoms with Crippen molar-refractivity contribution < 1.29 is 23.5 Å². The smallest absolute Gasteiger partial charge is 0.331 e. The van der Waals surface area contributed by atoms with E-state index in [1.165, 1.54) is 23.1 Å². The van der Waals surface area contributed by atoms with Gasteiger partial charge in [0.2, 0.25) is 0 Å². The predicted molar refractivity (Wildman–Crippen MR) is 111 cm³/mol. The number of nitrogens with two attached hydrogens (primary N) is 1. The van der Waals surface area contributed by atoms with Crippen LogP contribution < -0.4 is 11.1 Å². The van der Waals surface area contributed by atoms with Gasteiger partial charge in [-0.25, -0.2) is 14.0 Å². The summed E-state index contributed by atoms with van der Waals surface area (Å²) < 4.78 is 20.1. The Labute approximate surface area is 183 Å². The summed E-state index contributed by atoms with van der Waals surface area (Å²) >= 11 is 5.87. The molecule has 0 unspecified atom stereocenters. The number of rotatable bonds is 5. The van der Waals surface area contributed by atoms with Crippen LogP contribution in [0.3, 0.4) is 0 Å². The van der Waals surface area contributed by atoms with E-state index in [1.54, 1.807) is 25.5 Å². The summed E-state index contributed by atoms with van der Waals surface area (Å²) in [6.07, 6.45) is 0. The predicted octanol–water partition coefficient (Wildman–Crippen LogP) is 2.31. The Morgan fingerprint density at radius 2 is 2.03 bits per heavy atom. The minimum atomic E-state index is -1.23. The molecule has 31 heavy (non-hydrogen) atoms. The van der Waals surface area contributed by atoms with Crippen molar-refractivity contribution in [3.05, 3.63) is 40.3 Å². The van der Waals surface area contributed by atoms with Crippen molar-refractivity contribution in [2.24, 2.45) is 5.73 Å². The maximum Gasteiger partial charge on any atom is 0.331 e. The van der Waals surface area contributed by atoms with E-state index in [1.807, 2.05) is 0 Å². The number of carbonyl (C=O) groups excluding carboxylic acids is 3. The van der Waals surface area contributed by atoms with Crippen LogP contribution in [0.15, 0.2) is 18.2 Å². The van der Waals surface area contributed by atoms with Crippen molar-refractivity contribution in [1.82, 2.24) is 20.0 Å². The van der Waals surface area contributed by atoms with Crippen LogP contribution in [0.2, 0.25) is 5.02 Å². The normalized spacial score (nSPS) is 13.5. The summed E-state index contributed by atoms with van der Waals surface area (Å²) in [4.78, 5) is 38.5. The number of urea groups is 1. The van der Waals surface area contributed by atoms with Crippen LogP contribution in [0.4, 0.5) is 9.18 Å². The van der Waals surface area contributed by atoms with Gasteiger partial charge in [0.15, 0.2) is 0 Å². The van der Waals surface area contributed by atoms with Gasteiger partial charge in [-0.05, 0) is 39.0 Å². The summed E-state index contributed by atoms with van der Waals surface area (Å²) in [5.41, 5.74) is 5.64. The van der Waals surface area contributed by atoms with E-state index in [2.05, 4.69) is 10.4 Å². The minimum Gasteiger partial charge on any atom is -0.464 e. The third-order valence-corrected chi connectivity index (χ3v) is 5.20. The molecule has 0 atom stereocenters. The molecule has 1 aromatic carbocycles. The number of fused-ring (bicyclic) bond motifs is 1. The quantitative estimate of drug-likeness (QED) is 0.676. The highest BCUT2D eigenvalue weighted by Gasteiger charge is 2.35. The van der Waals surface area contributed by atoms with Gasteiger partial charge in [-0.15, -0.1) is 0 Å². The first-order valence-electron chi connectivity index (χ1n) is 9.64. The Bertz CT molecular complexity index is 1050. The fourth-order valence-corrected chi connectivity index (χ4v) is 3.48. The molecule has 166 valence electrons. The molecule has 0 fully saturated rings. The maximum absolute atomic E-state index is 13.5. The zero-order valence-electron chi connectivity index (χ0n) is 17.4. The van der Waals surface area contributed by atoms with Crippen LogP contribution in [0.5, 0.6) is 0 Å². The molecule has 0 aliphatic carbocycles. The van der Waals surface area contributed by atoms with Gasteiger partial charge in [-0.2, -0.15) is 5.10 Å². The molecule has 2 heterocycles. The van der Waals surface area contributed by atoms with Crippen molar-refractivity contribution in [3.63, 3.8) is 0 Å². The molecule has 3 N–H and O–H groups in total. The number of hydrogen-bond donors (Lipinski definition) is 2. The number of primary amides is 1. The second-order valence-corrected chi connectivity index (χ2v) is 7.99. The number of carbonyl (C=O) groups is 3. The molecular weight excluding hydrogens is 429 g/mol. The van der Waals surface area contributed by atoms with Gasteiger partial charge >= 0.3 is 12.0 Å². The molecule has 0 bridgehead atoms. The summed E-state index contributed by atoms with van der Waals surface area (Å²) in [5.74, 6) is -1.88. The number of nitrogens with zero attached hydrogens (tertiary/aromatic N) is 3. The Kier molecular flexibility index (Phi) is 6.21. The van der Waals surface area contributed by atoms with Crippen molar-refractivity contribution >= 4 is 29.5 Å². The van der Waals surface area contributed by atoms with Gasteiger partial charge in [0.25, 0.3) is 5.91 Å². The lowest BCUT2D eigenvalue weighted by Crippen LogP contribution is -2.56. The van der Waals surface area contributed by atoms with E-state index in [9.17, 15) is 18.8 Å². The van der Waals surface area contributed by atoms with Crippen LogP contribution in [-0.2, 0) is 22.6 Å². The number of hydrogen-bond acceptors (Lipinski definition) is 5. The highest BCUT2D eigenvalue weighted by atomic mass is 35.5. The number of ether oxygens (including phenoxy) is 1. The number of nitrogens with one attached hydrogen (secondary N) is 1. The lowest BCUT2D eigenvalue weighted by Gasteiger charge is -2.32. The van der Waals surface area contributed by atoms with Crippen LogP contribution in [0.25, 0.3) is 11.3 Å². The molecule has 11 heteroatoms. The summed E-state index contributed by atoms with van der Waals surface area (Å²) in [5, 5.41) is 6.98. The van der Waals surface area contributed by atoms with Crippen molar-refractivity contribution in [1.29, 1.82) is 0 Å². The van der Waals surface area contributed by atoms with Gasteiger partial charge in [0.05, 0.1) is 36.0 Å². The molecule has 0 spiro atoms. The Balaban J connectivity index is 1.89. The second kappa shape index (κ2) is 8.54. The third-order valence-electron chi connectivity index (χ3n) is 4.91. The van der Waals surface area contributed by atoms with Crippen molar-refractivity contribution in [2.45, 2.75) is 39.4 Å². The van der Waals surface area contributed by atoms with E-state index in [0.717, 1.165) is 0 Å². The maximum atomic E-state index is 13.5. The number of aromatic nitrogens is 2. The van der Waals surface area contributed by atoms with Gasteiger partial charge < -0.3 is 20.7 Å². The molecule has 1 aromatic heterocycles. The summed E-state index contributed by atoms with van der Waals surface area (Å²) in [6.45, 7) is 5.60. The Morgan fingerprint density at radius 3 is 2.65 bits per heavy atom. The lowest BCUT2D eigenvalue weighted by molar-refractivity contribution is -0.149. The van der Waals surface area contributed by atoms with E-state index in [4.69, 9.17) is 22.1 Å². The topological polar surface area (TPSA) is 120 Å². The van der Waals surface area contributed by atoms with E-state index in [-0.39, 0.29) is 29.4 Å². The molecule has 1 aliphatic rings. The van der Waals surface area contributed by atoms with Crippen LogP contribution in [0.1, 0.15) is 36.8 Å². The van der Waals surface area contributed by atoms with Crippen molar-refractivity contribution in [3.8, 4) is 11.3 Å². The van der Waals surface area contributed by atoms with Gasteiger partial charge in [-0.3, -0.25) is 9.48 Å². The number of halogens is 2. The SMILES string of the molecule is CCOC(=O)C(C)(C)NC(=O)N1CCn2nc(-c3ccc(F)c(Cl)c3)c(C(N)=O)c2C1. The number of benzene rings is 1. The molecular formula is C20H23ClFN5O4. The van der Waals surface area contributed by atoms with E-state index in [0.29, 0.717) is 24.3 Å². The van der Waals surface area contributed by atoms with Crippen LogP contribution >= 0.6 is 11.6 Å². The van der Waals surface area contributed by atoms with E-state index >= 15 is 0 Å². The third kappa shape index (κ3) is 4.48. The second-order valence-electron chi connectivity index (χ2n) is 7.58. The average Bonchev–Trinajstić information content (AvgIpc) is 3.08. The minimum absolute atomic E-state index is 0.0466. The summed E-state index contributed by atoms with van der Waals surface area (Å²) in [7, 11) is 0. The zero-order chi connectivity index (χ0) is 22.9. The van der Waals surface area contributed by atoms with E-state index < -0.39 is 29.3 Å². The lowest BCUT2D eigenvalue weighted by atomic mass is 10.0. The first-order valence-corrected chi connectivity index (χ1v) is 10.0. The fraction of sp³-hybridized carbons (Fsp3) is 0.400. The molecule has 0 saturated carbocycles. The average molecular weight is 452 g/mol. The number of esters is 1. The molecule has 3 amide bonds. The monoisotopic (exact) mass is 451 g/mol. The fourth-order valence-electron chi connectivity index (χ4n) is 3.30. The molecule has 0 radical (unpaired) electrons.